The first-order valence-corrected chi connectivity index (χ1v) is 10.6. The van der Waals surface area contributed by atoms with Gasteiger partial charge in [-0.15, -0.1) is 0 Å². The van der Waals surface area contributed by atoms with Crippen molar-refractivity contribution < 1.29 is 13.2 Å². The standard InChI is InChI=1S/C19H22ClN3O3S/c1-13-10-14(2)12-23(11-13)27(25,26)16-7-5-15(6-8-16)22-19(24)17-4-3-9-21-18(17)20/h3-9,13-14H,10-12H2,1-2H3,(H,22,24)/t13-,14-/m0/s1. The number of hydrogen-bond donors (Lipinski definition) is 1. The minimum absolute atomic E-state index is 0.113. The van der Waals surface area contributed by atoms with Gasteiger partial charge in [-0.25, -0.2) is 13.4 Å². The van der Waals surface area contributed by atoms with Crippen LogP contribution in [0, 0.1) is 11.8 Å². The van der Waals surface area contributed by atoms with Crippen molar-refractivity contribution in [3.8, 4) is 0 Å². The number of carbonyl (C=O) groups is 1. The summed E-state index contributed by atoms with van der Waals surface area (Å²) in [5.74, 6) is 0.278. The molecule has 2 heterocycles. The number of piperidine rings is 1. The lowest BCUT2D eigenvalue weighted by atomic mass is 9.94. The normalized spacial score (nSPS) is 21.0. The van der Waals surface area contributed by atoms with E-state index < -0.39 is 15.9 Å². The number of rotatable bonds is 4. The van der Waals surface area contributed by atoms with Crippen molar-refractivity contribution in [1.29, 1.82) is 0 Å². The molecule has 1 aliphatic rings. The van der Waals surface area contributed by atoms with Crippen LogP contribution in [0.15, 0.2) is 47.5 Å². The summed E-state index contributed by atoms with van der Waals surface area (Å²) in [4.78, 5) is 16.4. The highest BCUT2D eigenvalue weighted by atomic mass is 35.5. The van der Waals surface area contributed by atoms with Crippen LogP contribution >= 0.6 is 11.6 Å². The third-order valence-corrected chi connectivity index (χ3v) is 6.74. The van der Waals surface area contributed by atoms with Gasteiger partial charge in [-0.05, 0) is 54.7 Å². The highest BCUT2D eigenvalue weighted by molar-refractivity contribution is 7.89. The predicted octanol–water partition coefficient (Wildman–Crippen LogP) is 3.65. The molecule has 0 spiro atoms. The summed E-state index contributed by atoms with van der Waals surface area (Å²) < 4.78 is 27.3. The minimum Gasteiger partial charge on any atom is -0.322 e. The van der Waals surface area contributed by atoms with Gasteiger partial charge in [0.25, 0.3) is 5.91 Å². The Morgan fingerprint density at radius 2 is 1.78 bits per heavy atom. The third kappa shape index (κ3) is 4.48. The van der Waals surface area contributed by atoms with Crippen LogP contribution < -0.4 is 5.32 Å². The van der Waals surface area contributed by atoms with Crippen LogP contribution in [0.3, 0.4) is 0 Å². The molecule has 1 aromatic heterocycles. The molecular formula is C19H22ClN3O3S. The number of amides is 1. The maximum Gasteiger partial charge on any atom is 0.258 e. The number of halogens is 1. The van der Waals surface area contributed by atoms with Crippen LogP contribution in [0.25, 0.3) is 0 Å². The number of sulfonamides is 1. The van der Waals surface area contributed by atoms with Crippen molar-refractivity contribution in [2.45, 2.75) is 25.2 Å². The number of aromatic nitrogens is 1. The zero-order valence-electron chi connectivity index (χ0n) is 15.2. The second kappa shape index (κ2) is 7.96. The Balaban J connectivity index is 1.75. The minimum atomic E-state index is -3.54. The first-order valence-electron chi connectivity index (χ1n) is 8.79. The Bertz CT molecular complexity index is 921. The second-order valence-electron chi connectivity index (χ2n) is 7.09. The van der Waals surface area contributed by atoms with Crippen molar-refractivity contribution in [1.82, 2.24) is 9.29 Å². The van der Waals surface area contributed by atoms with Crippen molar-refractivity contribution in [2.24, 2.45) is 11.8 Å². The SMILES string of the molecule is C[C@H]1C[C@H](C)CN(S(=O)(=O)c2ccc(NC(=O)c3cccnc3Cl)cc2)C1. The number of hydrogen-bond acceptors (Lipinski definition) is 4. The zero-order valence-corrected chi connectivity index (χ0v) is 16.8. The summed E-state index contributed by atoms with van der Waals surface area (Å²) in [7, 11) is -3.54. The fourth-order valence-electron chi connectivity index (χ4n) is 3.42. The molecule has 27 heavy (non-hydrogen) atoms. The quantitative estimate of drug-likeness (QED) is 0.784. The molecule has 0 aliphatic carbocycles. The van der Waals surface area contributed by atoms with E-state index in [1.807, 2.05) is 0 Å². The van der Waals surface area contributed by atoms with Gasteiger partial charge in [-0.1, -0.05) is 25.4 Å². The molecule has 1 N–H and O–H groups in total. The molecule has 2 aromatic rings. The summed E-state index contributed by atoms with van der Waals surface area (Å²) in [5.41, 5.74) is 0.742. The van der Waals surface area contributed by atoms with E-state index in [2.05, 4.69) is 24.1 Å². The van der Waals surface area contributed by atoms with E-state index >= 15 is 0 Å². The molecule has 3 rings (SSSR count). The van der Waals surface area contributed by atoms with Gasteiger partial charge in [0.15, 0.2) is 0 Å². The number of carbonyl (C=O) groups excluding carboxylic acids is 1. The van der Waals surface area contributed by atoms with Crippen LogP contribution in [0.4, 0.5) is 5.69 Å². The van der Waals surface area contributed by atoms with Gasteiger partial charge < -0.3 is 5.32 Å². The van der Waals surface area contributed by atoms with Crippen molar-refractivity contribution in [2.75, 3.05) is 18.4 Å². The summed E-state index contributed by atoms with van der Waals surface area (Å²) in [6.45, 7) is 5.20. The summed E-state index contributed by atoms with van der Waals surface area (Å²) in [6, 6.07) is 9.37. The van der Waals surface area contributed by atoms with E-state index in [4.69, 9.17) is 11.6 Å². The van der Waals surface area contributed by atoms with Crippen LogP contribution in [0.1, 0.15) is 30.6 Å². The molecule has 8 heteroatoms. The van der Waals surface area contributed by atoms with Gasteiger partial charge in [-0.2, -0.15) is 4.31 Å². The Labute approximate surface area is 164 Å². The van der Waals surface area contributed by atoms with E-state index in [-0.39, 0.29) is 15.6 Å². The lowest BCUT2D eigenvalue weighted by molar-refractivity contribution is 0.102. The van der Waals surface area contributed by atoms with E-state index in [9.17, 15) is 13.2 Å². The first kappa shape index (κ1) is 19.8. The molecule has 2 atom stereocenters. The Kier molecular flexibility index (Phi) is 5.83. The van der Waals surface area contributed by atoms with Crippen molar-refractivity contribution >= 4 is 33.2 Å². The summed E-state index contributed by atoms with van der Waals surface area (Å²) >= 11 is 5.92. The maximum atomic E-state index is 12.9. The third-order valence-electron chi connectivity index (χ3n) is 4.59. The number of benzene rings is 1. The average Bonchev–Trinajstić information content (AvgIpc) is 2.61. The molecular weight excluding hydrogens is 386 g/mol. The van der Waals surface area contributed by atoms with E-state index in [0.29, 0.717) is 30.6 Å². The van der Waals surface area contributed by atoms with E-state index in [1.54, 1.807) is 28.6 Å². The molecule has 1 aromatic carbocycles. The smallest absolute Gasteiger partial charge is 0.258 e. The van der Waals surface area contributed by atoms with Crippen LogP contribution in [0.5, 0.6) is 0 Å². The number of nitrogens with one attached hydrogen (secondary N) is 1. The van der Waals surface area contributed by atoms with Gasteiger partial charge >= 0.3 is 0 Å². The highest BCUT2D eigenvalue weighted by Gasteiger charge is 2.31. The van der Waals surface area contributed by atoms with Crippen molar-refractivity contribution in [3.63, 3.8) is 0 Å². The second-order valence-corrected chi connectivity index (χ2v) is 9.38. The number of pyridine rings is 1. The molecule has 1 aliphatic heterocycles. The Morgan fingerprint density at radius 3 is 2.37 bits per heavy atom. The lowest BCUT2D eigenvalue weighted by Gasteiger charge is -2.34. The molecule has 144 valence electrons. The monoisotopic (exact) mass is 407 g/mol. The lowest BCUT2D eigenvalue weighted by Crippen LogP contribution is -2.42. The van der Waals surface area contributed by atoms with Crippen molar-refractivity contribution in [3.05, 3.63) is 53.3 Å². The first-order chi connectivity index (χ1) is 12.8. The molecule has 6 nitrogen and oxygen atoms in total. The molecule has 0 bridgehead atoms. The maximum absolute atomic E-state index is 12.9. The molecule has 0 unspecified atom stereocenters. The average molecular weight is 408 g/mol. The molecule has 0 saturated carbocycles. The van der Waals surface area contributed by atoms with Crippen LogP contribution in [-0.2, 0) is 10.0 Å². The van der Waals surface area contributed by atoms with Crippen LogP contribution in [-0.4, -0.2) is 36.7 Å². The number of nitrogens with zero attached hydrogens (tertiary/aromatic N) is 2. The fourth-order valence-corrected chi connectivity index (χ4v) is 5.30. The molecule has 1 amide bonds. The van der Waals surface area contributed by atoms with Gasteiger partial charge in [0.1, 0.15) is 5.15 Å². The summed E-state index contributed by atoms with van der Waals surface area (Å²) in [5, 5.41) is 2.81. The predicted molar refractivity (Wildman–Crippen MR) is 105 cm³/mol. The molecule has 1 saturated heterocycles. The largest absolute Gasteiger partial charge is 0.322 e. The fraction of sp³-hybridized carbons (Fsp3) is 0.368. The van der Waals surface area contributed by atoms with Crippen LogP contribution in [0.2, 0.25) is 5.15 Å². The van der Waals surface area contributed by atoms with Gasteiger partial charge in [0.2, 0.25) is 10.0 Å². The van der Waals surface area contributed by atoms with E-state index in [0.717, 1.165) is 6.42 Å². The Hall–Kier alpha value is -1.96. The van der Waals surface area contributed by atoms with Gasteiger partial charge in [0, 0.05) is 25.0 Å². The van der Waals surface area contributed by atoms with Gasteiger partial charge in [0.05, 0.1) is 10.5 Å². The molecule has 1 fully saturated rings. The molecule has 0 radical (unpaired) electrons. The van der Waals surface area contributed by atoms with Gasteiger partial charge in [-0.3, -0.25) is 4.79 Å². The highest BCUT2D eigenvalue weighted by Crippen LogP contribution is 2.27. The topological polar surface area (TPSA) is 79.4 Å². The zero-order chi connectivity index (χ0) is 19.6. The Morgan fingerprint density at radius 1 is 1.15 bits per heavy atom. The van der Waals surface area contributed by atoms with E-state index in [1.165, 1.54) is 18.3 Å². The summed E-state index contributed by atoms with van der Waals surface area (Å²) in [6.07, 6.45) is 2.54. The number of anilines is 1.